The van der Waals surface area contributed by atoms with Crippen molar-refractivity contribution < 1.29 is 24.5 Å². The first-order valence-corrected chi connectivity index (χ1v) is 6.43. The molecule has 0 spiro atoms. The van der Waals surface area contributed by atoms with E-state index < -0.39 is 17.7 Å². The van der Waals surface area contributed by atoms with Gasteiger partial charge in [0, 0.05) is 5.56 Å². The van der Waals surface area contributed by atoms with E-state index in [-0.39, 0.29) is 16.9 Å². The minimum absolute atomic E-state index is 0.242. The zero-order chi connectivity index (χ0) is 15.0. The molecule has 2 aromatic rings. The fraction of sp³-hybridized carbons (Fsp3) is 0.188. The third kappa shape index (κ3) is 2.07. The zero-order valence-corrected chi connectivity index (χ0v) is 11.3. The number of fused-ring (bicyclic) bond motifs is 1. The predicted molar refractivity (Wildman–Crippen MR) is 74.3 cm³/mol. The molecule has 5 nitrogen and oxygen atoms in total. The zero-order valence-electron chi connectivity index (χ0n) is 11.3. The van der Waals surface area contributed by atoms with Crippen LogP contribution in [0.15, 0.2) is 48.5 Å². The summed E-state index contributed by atoms with van der Waals surface area (Å²) in [6.45, 7) is 0. The molecular formula is C16H14O5. The normalized spacial score (nSPS) is 24.1. The Morgan fingerprint density at radius 2 is 1.81 bits per heavy atom. The number of methoxy groups -OCH3 is 1. The lowest BCUT2D eigenvalue weighted by Crippen LogP contribution is -2.52. The summed E-state index contributed by atoms with van der Waals surface area (Å²) in [6.07, 6.45) is -1.69. The van der Waals surface area contributed by atoms with Gasteiger partial charge in [0.25, 0.3) is 5.79 Å². The van der Waals surface area contributed by atoms with Crippen LogP contribution in [-0.4, -0.2) is 29.2 Å². The second-order valence-corrected chi connectivity index (χ2v) is 4.79. The maximum atomic E-state index is 12.2. The molecule has 0 saturated carbocycles. The summed E-state index contributed by atoms with van der Waals surface area (Å²) < 4.78 is 10.5. The molecule has 0 saturated heterocycles. The van der Waals surface area contributed by atoms with Crippen molar-refractivity contribution in [1.82, 2.24) is 0 Å². The van der Waals surface area contributed by atoms with Gasteiger partial charge in [0.2, 0.25) is 5.78 Å². The van der Waals surface area contributed by atoms with Gasteiger partial charge in [-0.25, -0.2) is 0 Å². The molecule has 0 aliphatic carbocycles. The van der Waals surface area contributed by atoms with Crippen LogP contribution >= 0.6 is 0 Å². The van der Waals surface area contributed by atoms with Crippen LogP contribution in [0.1, 0.15) is 15.9 Å². The molecule has 0 amide bonds. The number of aliphatic hydroxyl groups excluding tert-OH is 1. The van der Waals surface area contributed by atoms with Gasteiger partial charge in [0.15, 0.2) is 6.10 Å². The van der Waals surface area contributed by atoms with E-state index in [1.54, 1.807) is 48.5 Å². The van der Waals surface area contributed by atoms with E-state index in [0.717, 1.165) is 0 Å². The summed E-state index contributed by atoms with van der Waals surface area (Å²) in [5.41, 5.74) is 0.529. The lowest BCUT2D eigenvalue weighted by molar-refractivity contribution is -0.203. The number of rotatable bonds is 2. The van der Waals surface area contributed by atoms with Crippen LogP contribution in [0.2, 0.25) is 0 Å². The summed E-state index contributed by atoms with van der Waals surface area (Å²) in [4.78, 5) is 12.2. The number of carbonyl (C=O) groups is 1. The average molecular weight is 286 g/mol. The van der Waals surface area contributed by atoms with Crippen molar-refractivity contribution in [3.63, 3.8) is 0 Å². The number of hydrogen-bond acceptors (Lipinski definition) is 5. The molecule has 2 atom stereocenters. The van der Waals surface area contributed by atoms with Crippen LogP contribution in [0, 0.1) is 0 Å². The van der Waals surface area contributed by atoms with Gasteiger partial charge in [-0.05, 0) is 36.4 Å². The molecule has 0 bridgehead atoms. The Balaban J connectivity index is 2.06. The number of para-hydroxylation sites is 1. The molecule has 1 aliphatic heterocycles. The molecular weight excluding hydrogens is 272 g/mol. The smallest absolute Gasteiger partial charge is 0.268 e. The third-order valence-corrected chi connectivity index (χ3v) is 3.54. The predicted octanol–water partition coefficient (Wildman–Crippen LogP) is 1.48. The Hall–Kier alpha value is -2.37. The minimum atomic E-state index is -2.11. The van der Waals surface area contributed by atoms with Gasteiger partial charge in [-0.3, -0.25) is 4.79 Å². The molecule has 1 aliphatic rings. The summed E-state index contributed by atoms with van der Waals surface area (Å²) in [5, 5.41) is 20.8. The number of hydrogen-bond donors (Lipinski definition) is 2. The Bertz CT molecular complexity index is 679. The Labute approximate surface area is 121 Å². The molecule has 21 heavy (non-hydrogen) atoms. The van der Waals surface area contributed by atoms with Crippen LogP contribution in [0.3, 0.4) is 0 Å². The first-order chi connectivity index (χ1) is 10.1. The monoisotopic (exact) mass is 286 g/mol. The standard InChI is InChI=1S/C16H14O5/c1-20-11-8-6-10(7-9-11)16(19)15(18)14(17)12-4-2-3-5-13(12)21-16/h2-9,15,18-19H,1H3. The summed E-state index contributed by atoms with van der Waals surface area (Å²) >= 11 is 0. The molecule has 0 aromatic heterocycles. The van der Waals surface area contributed by atoms with Crippen molar-refractivity contribution in [2.75, 3.05) is 7.11 Å². The molecule has 0 fully saturated rings. The largest absolute Gasteiger partial charge is 0.497 e. The van der Waals surface area contributed by atoms with Crippen molar-refractivity contribution in [3.8, 4) is 11.5 Å². The summed E-state index contributed by atoms with van der Waals surface area (Å²) in [7, 11) is 1.52. The van der Waals surface area contributed by atoms with Crippen LogP contribution in [-0.2, 0) is 5.79 Å². The first-order valence-electron chi connectivity index (χ1n) is 6.43. The van der Waals surface area contributed by atoms with E-state index >= 15 is 0 Å². The van der Waals surface area contributed by atoms with Crippen molar-refractivity contribution in [3.05, 3.63) is 59.7 Å². The van der Waals surface area contributed by atoms with Crippen LogP contribution in [0.25, 0.3) is 0 Å². The molecule has 1 heterocycles. The second-order valence-electron chi connectivity index (χ2n) is 4.79. The van der Waals surface area contributed by atoms with Crippen molar-refractivity contribution in [2.24, 2.45) is 0 Å². The highest BCUT2D eigenvalue weighted by molar-refractivity contribution is 6.03. The highest BCUT2D eigenvalue weighted by Gasteiger charge is 2.49. The summed E-state index contributed by atoms with van der Waals surface area (Å²) in [5.74, 6) is -1.85. The van der Waals surface area contributed by atoms with Gasteiger partial charge in [-0.1, -0.05) is 12.1 Å². The topological polar surface area (TPSA) is 76.0 Å². The third-order valence-electron chi connectivity index (χ3n) is 3.54. The Kier molecular flexibility index (Phi) is 3.16. The van der Waals surface area contributed by atoms with Gasteiger partial charge in [-0.15, -0.1) is 0 Å². The van der Waals surface area contributed by atoms with E-state index in [9.17, 15) is 15.0 Å². The van der Waals surface area contributed by atoms with Gasteiger partial charge in [0.05, 0.1) is 12.7 Å². The van der Waals surface area contributed by atoms with Crippen molar-refractivity contribution >= 4 is 5.78 Å². The molecule has 0 radical (unpaired) electrons. The highest BCUT2D eigenvalue weighted by Crippen LogP contribution is 2.38. The van der Waals surface area contributed by atoms with Gasteiger partial charge >= 0.3 is 0 Å². The lowest BCUT2D eigenvalue weighted by Gasteiger charge is -2.37. The number of benzene rings is 2. The molecule has 108 valence electrons. The maximum Gasteiger partial charge on any atom is 0.268 e. The van der Waals surface area contributed by atoms with E-state index in [1.165, 1.54) is 7.11 Å². The average Bonchev–Trinajstić information content (AvgIpc) is 2.53. The SMILES string of the molecule is COc1ccc(C2(O)Oc3ccccc3C(=O)C2O)cc1. The van der Waals surface area contributed by atoms with E-state index in [1.807, 2.05) is 0 Å². The van der Waals surface area contributed by atoms with Crippen molar-refractivity contribution in [2.45, 2.75) is 11.9 Å². The molecule has 2 aromatic carbocycles. The fourth-order valence-corrected chi connectivity index (χ4v) is 2.35. The number of Topliss-reactive ketones (excluding diaryl/α,β-unsaturated/α-hetero) is 1. The van der Waals surface area contributed by atoms with E-state index in [0.29, 0.717) is 5.75 Å². The number of carbonyl (C=O) groups excluding carboxylic acids is 1. The van der Waals surface area contributed by atoms with E-state index in [2.05, 4.69) is 0 Å². The molecule has 2 N–H and O–H groups in total. The molecule has 2 unspecified atom stereocenters. The highest BCUT2D eigenvalue weighted by atomic mass is 16.6. The number of ketones is 1. The summed E-state index contributed by atoms with van der Waals surface area (Å²) in [6, 6.07) is 12.8. The van der Waals surface area contributed by atoms with Crippen LogP contribution < -0.4 is 9.47 Å². The fourth-order valence-electron chi connectivity index (χ4n) is 2.35. The van der Waals surface area contributed by atoms with Gasteiger partial charge in [-0.2, -0.15) is 0 Å². The quantitative estimate of drug-likeness (QED) is 0.874. The number of ether oxygens (including phenoxy) is 2. The maximum absolute atomic E-state index is 12.2. The number of aliphatic hydroxyl groups is 2. The Morgan fingerprint density at radius 3 is 2.48 bits per heavy atom. The lowest BCUT2D eigenvalue weighted by atomic mass is 9.90. The molecule has 3 rings (SSSR count). The second kappa shape index (κ2) is 4.87. The Morgan fingerprint density at radius 1 is 1.14 bits per heavy atom. The minimum Gasteiger partial charge on any atom is -0.497 e. The van der Waals surface area contributed by atoms with Crippen molar-refractivity contribution in [1.29, 1.82) is 0 Å². The van der Waals surface area contributed by atoms with Crippen LogP contribution in [0.4, 0.5) is 0 Å². The van der Waals surface area contributed by atoms with Gasteiger partial charge < -0.3 is 19.7 Å². The van der Waals surface area contributed by atoms with Gasteiger partial charge in [0.1, 0.15) is 11.5 Å². The first kappa shape index (κ1) is 13.6. The van der Waals surface area contributed by atoms with Crippen LogP contribution in [0.5, 0.6) is 11.5 Å². The van der Waals surface area contributed by atoms with E-state index in [4.69, 9.17) is 9.47 Å². The molecule has 5 heteroatoms.